The van der Waals surface area contributed by atoms with Gasteiger partial charge in [-0.1, -0.05) is 19.1 Å². The topological polar surface area (TPSA) is 77.6 Å². The molecule has 0 aliphatic heterocycles. The molecule has 0 saturated heterocycles. The number of aromatic nitrogens is 5. The highest BCUT2D eigenvalue weighted by Crippen LogP contribution is 2.25. The molecule has 23 heavy (non-hydrogen) atoms. The van der Waals surface area contributed by atoms with Crippen LogP contribution >= 0.6 is 11.3 Å². The third-order valence-electron chi connectivity index (χ3n) is 3.56. The van der Waals surface area contributed by atoms with Crippen molar-refractivity contribution in [2.45, 2.75) is 19.9 Å². The van der Waals surface area contributed by atoms with Gasteiger partial charge in [-0.25, -0.2) is 4.68 Å². The van der Waals surface area contributed by atoms with Gasteiger partial charge >= 0.3 is 0 Å². The first kappa shape index (κ1) is 15.4. The average Bonchev–Trinajstić information content (AvgIpc) is 3.24. The quantitative estimate of drug-likeness (QED) is 0.778. The van der Waals surface area contributed by atoms with Crippen molar-refractivity contribution < 1.29 is 4.79 Å². The smallest absolute Gasteiger partial charge is 0.264 e. The van der Waals surface area contributed by atoms with Crippen molar-refractivity contribution in [2.24, 2.45) is 13.0 Å². The Labute approximate surface area is 137 Å². The van der Waals surface area contributed by atoms with Gasteiger partial charge in [-0.05, 0) is 17.4 Å². The number of thiophene rings is 1. The third kappa shape index (κ3) is 3.16. The number of nitrogens with zero attached hydrogens (tertiary/aromatic N) is 5. The standard InChI is InChI=1S/C15H18N6OS/c1-10(2)13(11-8-17-20(3)9-11)18-15(22)14-12(4-7-23-14)21-6-5-16-19-21/h4-10,13H,1-3H3,(H,18,22). The van der Waals surface area contributed by atoms with Gasteiger partial charge in [0.2, 0.25) is 0 Å². The molecule has 1 atom stereocenters. The molecule has 3 rings (SSSR count). The highest BCUT2D eigenvalue weighted by atomic mass is 32.1. The van der Waals surface area contributed by atoms with Crippen LogP contribution in [0.1, 0.15) is 35.1 Å². The summed E-state index contributed by atoms with van der Waals surface area (Å²) in [6.07, 6.45) is 7.03. The summed E-state index contributed by atoms with van der Waals surface area (Å²) in [4.78, 5) is 13.3. The SMILES string of the molecule is CC(C)C(NC(=O)c1sccc1-n1ccnn1)c1cnn(C)c1. The normalized spacial score (nSPS) is 12.5. The molecule has 120 valence electrons. The maximum atomic E-state index is 12.7. The first-order valence-electron chi connectivity index (χ1n) is 7.30. The van der Waals surface area contributed by atoms with Crippen molar-refractivity contribution in [1.82, 2.24) is 30.1 Å². The maximum absolute atomic E-state index is 12.7. The Morgan fingerprint density at radius 2 is 2.22 bits per heavy atom. The maximum Gasteiger partial charge on any atom is 0.264 e. The van der Waals surface area contributed by atoms with Gasteiger partial charge in [-0.15, -0.1) is 16.4 Å². The summed E-state index contributed by atoms with van der Waals surface area (Å²) in [5.41, 5.74) is 1.73. The van der Waals surface area contributed by atoms with E-state index in [0.717, 1.165) is 11.3 Å². The summed E-state index contributed by atoms with van der Waals surface area (Å²) < 4.78 is 3.34. The van der Waals surface area contributed by atoms with Gasteiger partial charge in [0.25, 0.3) is 5.91 Å². The van der Waals surface area contributed by atoms with E-state index in [1.54, 1.807) is 28.0 Å². The fourth-order valence-corrected chi connectivity index (χ4v) is 3.21. The number of hydrogen-bond acceptors (Lipinski definition) is 5. The molecule has 3 aromatic rings. The van der Waals surface area contributed by atoms with Gasteiger partial charge in [0.15, 0.2) is 0 Å². The molecule has 0 bridgehead atoms. The summed E-state index contributed by atoms with van der Waals surface area (Å²) in [7, 11) is 1.87. The number of carbonyl (C=O) groups is 1. The summed E-state index contributed by atoms with van der Waals surface area (Å²) in [6, 6.07) is 1.77. The summed E-state index contributed by atoms with van der Waals surface area (Å²) in [5.74, 6) is 0.131. The Balaban J connectivity index is 1.85. The fraction of sp³-hybridized carbons (Fsp3) is 0.333. The number of rotatable bonds is 5. The van der Waals surface area contributed by atoms with Crippen molar-refractivity contribution in [3.05, 3.63) is 46.7 Å². The van der Waals surface area contributed by atoms with E-state index in [2.05, 4.69) is 34.6 Å². The highest BCUT2D eigenvalue weighted by Gasteiger charge is 2.23. The van der Waals surface area contributed by atoms with E-state index >= 15 is 0 Å². The molecular formula is C15H18N6OS. The van der Waals surface area contributed by atoms with Crippen LogP contribution < -0.4 is 5.32 Å². The molecule has 3 heterocycles. The van der Waals surface area contributed by atoms with E-state index in [1.165, 1.54) is 11.3 Å². The lowest BCUT2D eigenvalue weighted by atomic mass is 9.98. The van der Waals surface area contributed by atoms with Crippen LogP contribution in [0, 0.1) is 5.92 Å². The van der Waals surface area contributed by atoms with E-state index < -0.39 is 0 Å². The molecule has 1 N–H and O–H groups in total. The number of nitrogens with one attached hydrogen (secondary N) is 1. The van der Waals surface area contributed by atoms with Crippen LogP contribution in [-0.2, 0) is 7.05 Å². The first-order chi connectivity index (χ1) is 11.1. The highest BCUT2D eigenvalue weighted by molar-refractivity contribution is 7.12. The Hall–Kier alpha value is -2.48. The zero-order chi connectivity index (χ0) is 16.4. The van der Waals surface area contributed by atoms with E-state index in [9.17, 15) is 4.79 Å². The fourth-order valence-electron chi connectivity index (χ4n) is 2.43. The molecule has 0 aromatic carbocycles. The summed E-state index contributed by atoms with van der Waals surface area (Å²) in [6.45, 7) is 4.15. The zero-order valence-electron chi connectivity index (χ0n) is 13.2. The number of carbonyl (C=O) groups excluding carboxylic acids is 1. The molecule has 0 fully saturated rings. The second kappa shape index (κ2) is 6.33. The van der Waals surface area contributed by atoms with E-state index in [0.29, 0.717) is 4.88 Å². The molecule has 1 amide bonds. The second-order valence-electron chi connectivity index (χ2n) is 5.63. The lowest BCUT2D eigenvalue weighted by Gasteiger charge is -2.21. The van der Waals surface area contributed by atoms with Gasteiger partial charge in [0, 0.05) is 18.8 Å². The Bertz CT molecular complexity index is 789. The molecule has 0 aliphatic carbocycles. The zero-order valence-corrected chi connectivity index (χ0v) is 14.0. The van der Waals surface area contributed by atoms with Crippen LogP contribution in [0.5, 0.6) is 0 Å². The number of hydrogen-bond donors (Lipinski definition) is 1. The first-order valence-corrected chi connectivity index (χ1v) is 8.18. The van der Waals surface area contributed by atoms with Crippen molar-refractivity contribution in [1.29, 1.82) is 0 Å². The minimum Gasteiger partial charge on any atom is -0.344 e. The third-order valence-corrected chi connectivity index (χ3v) is 4.46. The summed E-state index contributed by atoms with van der Waals surface area (Å²) in [5, 5.41) is 16.9. The number of aryl methyl sites for hydroxylation is 1. The Kier molecular flexibility index (Phi) is 4.24. The lowest BCUT2D eigenvalue weighted by molar-refractivity contribution is 0.0929. The van der Waals surface area contributed by atoms with Crippen molar-refractivity contribution in [2.75, 3.05) is 0 Å². The molecule has 8 heteroatoms. The van der Waals surface area contributed by atoms with Gasteiger partial charge in [0.1, 0.15) is 4.88 Å². The molecule has 7 nitrogen and oxygen atoms in total. The van der Waals surface area contributed by atoms with Crippen LogP contribution in [-0.4, -0.2) is 30.7 Å². The van der Waals surface area contributed by atoms with Gasteiger partial charge in [0.05, 0.1) is 30.3 Å². The molecule has 0 spiro atoms. The molecule has 3 aromatic heterocycles. The minimum atomic E-state index is -0.118. The predicted molar refractivity (Wildman–Crippen MR) is 87.5 cm³/mol. The van der Waals surface area contributed by atoms with Crippen LogP contribution in [0.2, 0.25) is 0 Å². The predicted octanol–water partition coefficient (Wildman–Crippen LogP) is 2.19. The molecular weight excluding hydrogens is 312 g/mol. The van der Waals surface area contributed by atoms with Crippen LogP contribution in [0.3, 0.4) is 0 Å². The van der Waals surface area contributed by atoms with Crippen LogP contribution in [0.25, 0.3) is 5.69 Å². The molecule has 1 unspecified atom stereocenters. The van der Waals surface area contributed by atoms with Crippen molar-refractivity contribution in [3.63, 3.8) is 0 Å². The largest absolute Gasteiger partial charge is 0.344 e. The average molecular weight is 330 g/mol. The molecule has 0 radical (unpaired) electrons. The monoisotopic (exact) mass is 330 g/mol. The van der Waals surface area contributed by atoms with Crippen LogP contribution in [0.4, 0.5) is 0 Å². The van der Waals surface area contributed by atoms with Crippen molar-refractivity contribution >= 4 is 17.2 Å². The van der Waals surface area contributed by atoms with E-state index in [1.807, 2.05) is 24.7 Å². The van der Waals surface area contributed by atoms with E-state index in [4.69, 9.17) is 0 Å². The van der Waals surface area contributed by atoms with Gasteiger partial charge in [-0.3, -0.25) is 9.48 Å². The second-order valence-corrected chi connectivity index (χ2v) is 6.54. The number of amides is 1. The Morgan fingerprint density at radius 1 is 1.39 bits per heavy atom. The van der Waals surface area contributed by atoms with Gasteiger partial charge < -0.3 is 5.32 Å². The van der Waals surface area contributed by atoms with Crippen molar-refractivity contribution in [3.8, 4) is 5.69 Å². The molecule has 0 saturated carbocycles. The minimum absolute atomic E-state index is 0.0955. The lowest BCUT2D eigenvalue weighted by Crippen LogP contribution is -2.31. The van der Waals surface area contributed by atoms with Gasteiger partial charge in [-0.2, -0.15) is 5.10 Å². The molecule has 0 aliphatic rings. The van der Waals surface area contributed by atoms with E-state index in [-0.39, 0.29) is 17.9 Å². The Morgan fingerprint density at radius 3 is 2.83 bits per heavy atom. The van der Waals surface area contributed by atoms with Crippen LogP contribution in [0.15, 0.2) is 36.2 Å². The summed E-state index contributed by atoms with van der Waals surface area (Å²) >= 11 is 1.39.